The fourth-order valence-corrected chi connectivity index (χ4v) is 2.66. The van der Waals surface area contributed by atoms with Crippen molar-refractivity contribution in [3.05, 3.63) is 53.8 Å². The van der Waals surface area contributed by atoms with E-state index >= 15 is 0 Å². The number of carbonyl (C=O) groups excluding carboxylic acids is 1. The molecule has 0 fully saturated rings. The molecule has 0 unspecified atom stereocenters. The zero-order chi connectivity index (χ0) is 16.6. The Balaban J connectivity index is 1.99. The maximum Gasteiger partial charge on any atom is 0.268 e. The number of halogens is 1. The van der Waals surface area contributed by atoms with Gasteiger partial charge in [0.1, 0.15) is 11.6 Å². The lowest BCUT2D eigenvalue weighted by atomic mass is 10.0. The highest BCUT2D eigenvalue weighted by Crippen LogP contribution is 2.37. The first-order valence-corrected chi connectivity index (χ1v) is 7.57. The monoisotopic (exact) mass is 314 g/mol. The van der Waals surface area contributed by atoms with Crippen LogP contribution in [0.15, 0.2) is 42.5 Å². The molecule has 1 heterocycles. The number of fused-ring (bicyclic) bond motifs is 1. The molecule has 1 aliphatic rings. The molecule has 5 heteroatoms. The summed E-state index contributed by atoms with van der Waals surface area (Å²) in [6.45, 7) is 4.24. The highest BCUT2D eigenvalue weighted by Gasteiger charge is 2.36. The minimum absolute atomic E-state index is 0.0350. The van der Waals surface area contributed by atoms with Crippen LogP contribution in [0.25, 0.3) is 0 Å². The Labute approximate surface area is 134 Å². The van der Waals surface area contributed by atoms with Gasteiger partial charge in [0.15, 0.2) is 6.10 Å². The average Bonchev–Trinajstić information content (AvgIpc) is 2.51. The number of rotatable bonds is 3. The highest BCUT2D eigenvalue weighted by molar-refractivity contribution is 6.00. The van der Waals surface area contributed by atoms with Crippen LogP contribution < -0.4 is 15.4 Å². The Bertz CT molecular complexity index is 728. The smallest absolute Gasteiger partial charge is 0.268 e. The summed E-state index contributed by atoms with van der Waals surface area (Å²) >= 11 is 0. The van der Waals surface area contributed by atoms with E-state index < -0.39 is 6.10 Å². The van der Waals surface area contributed by atoms with Gasteiger partial charge in [0.2, 0.25) is 0 Å². The lowest BCUT2D eigenvalue weighted by molar-refractivity contribution is -0.128. The van der Waals surface area contributed by atoms with Gasteiger partial charge >= 0.3 is 0 Å². The minimum Gasteiger partial charge on any atom is -0.478 e. The van der Waals surface area contributed by atoms with Crippen LogP contribution in [-0.4, -0.2) is 12.0 Å². The van der Waals surface area contributed by atoms with Crippen LogP contribution in [0.3, 0.4) is 0 Å². The van der Waals surface area contributed by atoms with Gasteiger partial charge in [0.25, 0.3) is 5.91 Å². The molecule has 0 bridgehead atoms. The van der Waals surface area contributed by atoms with Crippen molar-refractivity contribution in [2.24, 2.45) is 5.92 Å². The van der Waals surface area contributed by atoms with E-state index in [1.165, 1.54) is 12.1 Å². The molecule has 0 saturated heterocycles. The minimum atomic E-state index is -0.551. The van der Waals surface area contributed by atoms with Crippen molar-refractivity contribution in [3.63, 3.8) is 0 Å². The summed E-state index contributed by atoms with van der Waals surface area (Å²) in [7, 11) is 0. The van der Waals surface area contributed by atoms with E-state index in [2.05, 4.69) is 0 Å². The van der Waals surface area contributed by atoms with Crippen LogP contribution in [0, 0.1) is 11.7 Å². The summed E-state index contributed by atoms with van der Waals surface area (Å²) in [6, 6.07) is 11.4. The molecule has 0 spiro atoms. The maximum atomic E-state index is 13.1. The molecule has 0 aromatic heterocycles. The van der Waals surface area contributed by atoms with Crippen molar-refractivity contribution in [2.75, 3.05) is 10.6 Å². The van der Waals surface area contributed by atoms with E-state index in [-0.39, 0.29) is 17.6 Å². The van der Waals surface area contributed by atoms with Gasteiger partial charge in [-0.25, -0.2) is 4.39 Å². The number of amides is 1. The Morgan fingerprint density at radius 3 is 2.57 bits per heavy atom. The van der Waals surface area contributed by atoms with Crippen LogP contribution in [0.2, 0.25) is 0 Å². The predicted molar refractivity (Wildman–Crippen MR) is 87.7 cm³/mol. The number of nitrogen functional groups attached to an aromatic ring is 1. The molecule has 23 heavy (non-hydrogen) atoms. The van der Waals surface area contributed by atoms with E-state index in [0.29, 0.717) is 23.7 Å². The fraction of sp³-hybridized carbons (Fsp3) is 0.278. The Kier molecular flexibility index (Phi) is 3.94. The third kappa shape index (κ3) is 2.99. The summed E-state index contributed by atoms with van der Waals surface area (Å²) in [5.74, 6) is 0.245. The third-order valence-electron chi connectivity index (χ3n) is 3.90. The number of nitrogens with two attached hydrogens (primary N) is 1. The number of hydrogen-bond donors (Lipinski definition) is 1. The molecule has 1 atom stereocenters. The van der Waals surface area contributed by atoms with E-state index in [4.69, 9.17) is 10.5 Å². The van der Waals surface area contributed by atoms with Crippen molar-refractivity contribution >= 4 is 17.3 Å². The lowest BCUT2D eigenvalue weighted by Crippen LogP contribution is -2.48. The molecule has 4 nitrogen and oxygen atoms in total. The Morgan fingerprint density at radius 2 is 1.91 bits per heavy atom. The number of benzene rings is 2. The summed E-state index contributed by atoms with van der Waals surface area (Å²) in [6.07, 6.45) is -0.551. The van der Waals surface area contributed by atoms with Crippen molar-refractivity contribution in [3.8, 4) is 5.75 Å². The second-order valence-electron chi connectivity index (χ2n) is 6.06. The van der Waals surface area contributed by atoms with E-state index in [9.17, 15) is 9.18 Å². The lowest BCUT2D eigenvalue weighted by Gasteiger charge is -2.36. The molecule has 0 saturated carbocycles. The van der Waals surface area contributed by atoms with Gasteiger partial charge in [-0.3, -0.25) is 4.79 Å². The van der Waals surface area contributed by atoms with Crippen LogP contribution in [0.4, 0.5) is 15.8 Å². The van der Waals surface area contributed by atoms with Gasteiger partial charge in [-0.15, -0.1) is 0 Å². The Morgan fingerprint density at radius 1 is 1.22 bits per heavy atom. The highest BCUT2D eigenvalue weighted by atomic mass is 19.1. The Hall–Kier alpha value is -2.56. The molecule has 2 aromatic rings. The summed E-state index contributed by atoms with van der Waals surface area (Å²) in [5, 5.41) is 0. The van der Waals surface area contributed by atoms with Crippen LogP contribution in [-0.2, 0) is 11.3 Å². The number of hydrogen-bond acceptors (Lipinski definition) is 3. The third-order valence-corrected chi connectivity index (χ3v) is 3.90. The molecular formula is C18H19FN2O2. The molecule has 3 rings (SSSR count). The summed E-state index contributed by atoms with van der Waals surface area (Å²) in [4.78, 5) is 14.5. The van der Waals surface area contributed by atoms with Gasteiger partial charge < -0.3 is 15.4 Å². The number of nitrogens with zero attached hydrogens (tertiary/aromatic N) is 1. The molecule has 0 aliphatic carbocycles. The first-order chi connectivity index (χ1) is 11.0. The van der Waals surface area contributed by atoms with Crippen molar-refractivity contribution in [2.45, 2.75) is 26.5 Å². The quantitative estimate of drug-likeness (QED) is 0.884. The van der Waals surface area contributed by atoms with Gasteiger partial charge in [-0.05, 0) is 35.7 Å². The average molecular weight is 314 g/mol. The largest absolute Gasteiger partial charge is 0.478 e. The van der Waals surface area contributed by atoms with Crippen LogP contribution in [0.1, 0.15) is 19.4 Å². The first kappa shape index (κ1) is 15.3. The molecule has 2 aromatic carbocycles. The normalized spacial score (nSPS) is 17.1. The van der Waals surface area contributed by atoms with Crippen LogP contribution >= 0.6 is 0 Å². The molecular weight excluding hydrogens is 295 g/mol. The SMILES string of the molecule is CC(C)[C@@H]1Oc2cc(N)ccc2N(Cc2ccc(F)cc2)C1=O. The van der Waals surface area contributed by atoms with Crippen molar-refractivity contribution in [1.29, 1.82) is 0 Å². The van der Waals surface area contributed by atoms with Gasteiger partial charge in [-0.2, -0.15) is 0 Å². The van der Waals surface area contributed by atoms with Gasteiger partial charge in [0, 0.05) is 11.8 Å². The zero-order valence-electron chi connectivity index (χ0n) is 13.1. The van der Waals surface area contributed by atoms with Gasteiger partial charge in [-0.1, -0.05) is 26.0 Å². The fourth-order valence-electron chi connectivity index (χ4n) is 2.66. The number of carbonyl (C=O) groups is 1. The number of ether oxygens (including phenoxy) is 1. The molecule has 120 valence electrons. The molecule has 0 radical (unpaired) electrons. The molecule has 2 N–H and O–H groups in total. The second-order valence-corrected chi connectivity index (χ2v) is 6.06. The standard InChI is InChI=1S/C18H19FN2O2/c1-11(2)17-18(22)21(10-12-3-5-13(19)6-4-12)15-8-7-14(20)9-16(15)23-17/h3-9,11,17H,10,20H2,1-2H3/t17-/m0/s1. The summed E-state index contributed by atoms with van der Waals surface area (Å²) in [5.41, 5.74) is 7.95. The van der Waals surface area contributed by atoms with Gasteiger partial charge in [0.05, 0.1) is 12.2 Å². The van der Waals surface area contributed by atoms with Crippen molar-refractivity contribution in [1.82, 2.24) is 0 Å². The summed E-state index contributed by atoms with van der Waals surface area (Å²) < 4.78 is 18.9. The maximum absolute atomic E-state index is 13.1. The van der Waals surface area contributed by atoms with E-state index in [0.717, 1.165) is 5.56 Å². The molecule has 1 aliphatic heterocycles. The second kappa shape index (κ2) is 5.91. The van der Waals surface area contributed by atoms with E-state index in [1.54, 1.807) is 35.2 Å². The molecule has 1 amide bonds. The van der Waals surface area contributed by atoms with Crippen LogP contribution in [0.5, 0.6) is 5.75 Å². The topological polar surface area (TPSA) is 55.6 Å². The first-order valence-electron chi connectivity index (χ1n) is 7.57. The number of anilines is 2. The van der Waals surface area contributed by atoms with E-state index in [1.807, 2.05) is 13.8 Å². The van der Waals surface area contributed by atoms with Crippen molar-refractivity contribution < 1.29 is 13.9 Å². The predicted octanol–water partition coefficient (Wildman–Crippen LogP) is 3.36. The zero-order valence-corrected chi connectivity index (χ0v) is 13.1.